The molecule has 0 saturated heterocycles. The molecular formula is C17H17N3O2S. The summed E-state index contributed by atoms with van der Waals surface area (Å²) in [5, 5.41) is 4.31. The van der Waals surface area contributed by atoms with Gasteiger partial charge in [0.25, 0.3) is 0 Å². The van der Waals surface area contributed by atoms with Crippen molar-refractivity contribution in [2.24, 2.45) is 0 Å². The summed E-state index contributed by atoms with van der Waals surface area (Å²) in [6.45, 7) is 4.40. The number of rotatable bonds is 5. The SMILES string of the molecule is CCNC(=O)[C@@H](C)Sc1nc(-c2ccco2)nc2ccccc12. The standard InChI is InChI=1S/C17H17N3O2S/c1-3-18-16(21)11(2)23-17-12-7-4-5-8-13(12)19-15(20-17)14-9-6-10-22-14/h4-11H,3H2,1-2H3,(H,18,21)/t11-/m1/s1. The molecule has 1 N–H and O–H groups in total. The molecular weight excluding hydrogens is 310 g/mol. The fourth-order valence-corrected chi connectivity index (χ4v) is 3.16. The van der Waals surface area contributed by atoms with Gasteiger partial charge in [-0.3, -0.25) is 4.79 Å². The predicted molar refractivity (Wildman–Crippen MR) is 91.2 cm³/mol. The van der Waals surface area contributed by atoms with Crippen LogP contribution in [0.2, 0.25) is 0 Å². The Morgan fingerprint density at radius 3 is 2.83 bits per heavy atom. The van der Waals surface area contributed by atoms with Gasteiger partial charge in [-0.1, -0.05) is 30.0 Å². The number of para-hydroxylation sites is 1. The lowest BCUT2D eigenvalue weighted by Gasteiger charge is -2.12. The average Bonchev–Trinajstić information content (AvgIpc) is 3.09. The second-order valence-corrected chi connectivity index (χ2v) is 6.33. The highest BCUT2D eigenvalue weighted by molar-refractivity contribution is 8.00. The number of hydrogen-bond acceptors (Lipinski definition) is 5. The van der Waals surface area contributed by atoms with E-state index in [2.05, 4.69) is 15.3 Å². The zero-order valence-corrected chi connectivity index (χ0v) is 13.8. The van der Waals surface area contributed by atoms with Crippen molar-refractivity contribution in [1.29, 1.82) is 0 Å². The molecule has 5 nitrogen and oxygen atoms in total. The molecule has 3 rings (SSSR count). The third-order valence-electron chi connectivity index (χ3n) is 3.32. The molecule has 0 aliphatic rings. The van der Waals surface area contributed by atoms with Gasteiger partial charge in [0.05, 0.1) is 17.0 Å². The normalized spacial score (nSPS) is 12.3. The number of furan rings is 1. The molecule has 0 saturated carbocycles. The molecule has 1 atom stereocenters. The number of nitrogens with zero attached hydrogens (tertiary/aromatic N) is 2. The summed E-state index contributed by atoms with van der Waals surface area (Å²) in [6.07, 6.45) is 1.60. The highest BCUT2D eigenvalue weighted by atomic mass is 32.2. The Bertz CT molecular complexity index is 818. The summed E-state index contributed by atoms with van der Waals surface area (Å²) in [5.41, 5.74) is 0.833. The molecule has 0 aliphatic carbocycles. The quantitative estimate of drug-likeness (QED) is 0.574. The van der Waals surface area contributed by atoms with Crippen molar-refractivity contribution in [1.82, 2.24) is 15.3 Å². The molecule has 23 heavy (non-hydrogen) atoms. The largest absolute Gasteiger partial charge is 0.461 e. The molecule has 0 spiro atoms. The van der Waals surface area contributed by atoms with Crippen molar-refractivity contribution >= 4 is 28.6 Å². The molecule has 0 aliphatic heterocycles. The number of aromatic nitrogens is 2. The van der Waals surface area contributed by atoms with E-state index >= 15 is 0 Å². The van der Waals surface area contributed by atoms with Crippen LogP contribution in [0.1, 0.15) is 13.8 Å². The Balaban J connectivity index is 2.02. The van der Waals surface area contributed by atoms with Crippen molar-refractivity contribution in [3.05, 3.63) is 42.7 Å². The number of benzene rings is 1. The summed E-state index contributed by atoms with van der Waals surface area (Å²) in [6, 6.07) is 11.4. The number of fused-ring (bicyclic) bond motifs is 1. The predicted octanol–water partition coefficient (Wildman–Crippen LogP) is 3.51. The van der Waals surface area contributed by atoms with E-state index in [1.807, 2.05) is 44.2 Å². The minimum Gasteiger partial charge on any atom is -0.461 e. The maximum absolute atomic E-state index is 12.0. The van der Waals surface area contributed by atoms with E-state index in [0.717, 1.165) is 15.9 Å². The first-order valence-electron chi connectivity index (χ1n) is 7.44. The van der Waals surface area contributed by atoms with Gasteiger partial charge in [0.2, 0.25) is 5.91 Å². The van der Waals surface area contributed by atoms with Gasteiger partial charge in [0, 0.05) is 11.9 Å². The zero-order valence-electron chi connectivity index (χ0n) is 12.9. The third kappa shape index (κ3) is 3.37. The summed E-state index contributed by atoms with van der Waals surface area (Å²) in [7, 11) is 0. The van der Waals surface area contributed by atoms with Gasteiger partial charge >= 0.3 is 0 Å². The molecule has 0 fully saturated rings. The maximum atomic E-state index is 12.0. The first-order chi connectivity index (χ1) is 11.2. The Hall–Kier alpha value is -2.34. The number of hydrogen-bond donors (Lipinski definition) is 1. The molecule has 0 unspecified atom stereocenters. The number of thioether (sulfide) groups is 1. The molecule has 6 heteroatoms. The first-order valence-corrected chi connectivity index (χ1v) is 8.32. The number of nitrogens with one attached hydrogen (secondary N) is 1. The summed E-state index contributed by atoms with van der Waals surface area (Å²) in [5.74, 6) is 1.14. The lowest BCUT2D eigenvalue weighted by molar-refractivity contribution is -0.120. The van der Waals surface area contributed by atoms with Gasteiger partial charge in [-0.05, 0) is 32.0 Å². The second kappa shape index (κ2) is 6.83. The van der Waals surface area contributed by atoms with Crippen LogP contribution in [-0.2, 0) is 4.79 Å². The van der Waals surface area contributed by atoms with E-state index in [4.69, 9.17) is 4.42 Å². The third-order valence-corrected chi connectivity index (χ3v) is 4.42. The number of carbonyl (C=O) groups is 1. The van der Waals surface area contributed by atoms with E-state index in [9.17, 15) is 4.79 Å². The molecule has 0 radical (unpaired) electrons. The van der Waals surface area contributed by atoms with E-state index in [0.29, 0.717) is 18.1 Å². The minimum atomic E-state index is -0.238. The van der Waals surface area contributed by atoms with Crippen molar-refractivity contribution in [3.63, 3.8) is 0 Å². The molecule has 1 amide bonds. The molecule has 2 heterocycles. The molecule has 118 valence electrons. The van der Waals surface area contributed by atoms with E-state index in [-0.39, 0.29) is 11.2 Å². The van der Waals surface area contributed by atoms with Gasteiger partial charge in [-0.25, -0.2) is 9.97 Å². The van der Waals surface area contributed by atoms with Crippen LogP contribution < -0.4 is 5.32 Å². The fraction of sp³-hybridized carbons (Fsp3) is 0.235. The van der Waals surface area contributed by atoms with Crippen LogP contribution in [0.3, 0.4) is 0 Å². The molecule has 1 aromatic carbocycles. The summed E-state index contributed by atoms with van der Waals surface area (Å²) < 4.78 is 5.40. The highest BCUT2D eigenvalue weighted by Gasteiger charge is 2.18. The van der Waals surface area contributed by atoms with E-state index in [1.165, 1.54) is 11.8 Å². The van der Waals surface area contributed by atoms with Crippen molar-refractivity contribution in [2.45, 2.75) is 24.1 Å². The summed E-state index contributed by atoms with van der Waals surface area (Å²) in [4.78, 5) is 21.2. The van der Waals surface area contributed by atoms with Crippen molar-refractivity contribution < 1.29 is 9.21 Å². The van der Waals surface area contributed by atoms with Crippen LogP contribution in [-0.4, -0.2) is 27.7 Å². The van der Waals surface area contributed by atoms with Gasteiger partial charge < -0.3 is 9.73 Å². The molecule has 2 aromatic heterocycles. The van der Waals surface area contributed by atoms with Crippen LogP contribution in [0.4, 0.5) is 0 Å². The van der Waals surface area contributed by atoms with E-state index < -0.39 is 0 Å². The first kappa shape index (κ1) is 15.6. The topological polar surface area (TPSA) is 68.0 Å². The van der Waals surface area contributed by atoms with Crippen LogP contribution in [0.25, 0.3) is 22.5 Å². The molecule has 3 aromatic rings. The highest BCUT2D eigenvalue weighted by Crippen LogP contribution is 2.31. The lowest BCUT2D eigenvalue weighted by Crippen LogP contribution is -2.30. The van der Waals surface area contributed by atoms with Gasteiger partial charge in [-0.15, -0.1) is 0 Å². The van der Waals surface area contributed by atoms with Crippen molar-refractivity contribution in [3.8, 4) is 11.6 Å². The Kier molecular flexibility index (Phi) is 4.62. The molecule has 0 bridgehead atoms. The van der Waals surface area contributed by atoms with Crippen molar-refractivity contribution in [2.75, 3.05) is 6.54 Å². The minimum absolute atomic E-state index is 0.000239. The Labute approximate surface area is 138 Å². The maximum Gasteiger partial charge on any atom is 0.233 e. The van der Waals surface area contributed by atoms with Gasteiger partial charge in [0.1, 0.15) is 5.03 Å². The Morgan fingerprint density at radius 2 is 2.09 bits per heavy atom. The van der Waals surface area contributed by atoms with Gasteiger partial charge in [0.15, 0.2) is 11.6 Å². The van der Waals surface area contributed by atoms with Crippen LogP contribution >= 0.6 is 11.8 Å². The number of carbonyl (C=O) groups excluding carboxylic acids is 1. The average molecular weight is 327 g/mol. The lowest BCUT2D eigenvalue weighted by atomic mass is 10.2. The monoisotopic (exact) mass is 327 g/mol. The second-order valence-electron chi connectivity index (χ2n) is 5.00. The smallest absolute Gasteiger partial charge is 0.233 e. The van der Waals surface area contributed by atoms with Gasteiger partial charge in [-0.2, -0.15) is 0 Å². The van der Waals surface area contributed by atoms with E-state index in [1.54, 1.807) is 12.3 Å². The van der Waals surface area contributed by atoms with Crippen LogP contribution in [0, 0.1) is 0 Å². The fourth-order valence-electron chi connectivity index (χ4n) is 2.19. The van der Waals surface area contributed by atoms with Crippen LogP contribution in [0.15, 0.2) is 52.1 Å². The van der Waals surface area contributed by atoms with Crippen LogP contribution in [0.5, 0.6) is 0 Å². The Morgan fingerprint density at radius 1 is 1.26 bits per heavy atom. The summed E-state index contributed by atoms with van der Waals surface area (Å²) >= 11 is 1.43. The zero-order chi connectivity index (χ0) is 16.2. The number of amides is 1.